The van der Waals surface area contributed by atoms with E-state index in [0.717, 1.165) is 22.2 Å². The Hall–Kier alpha value is -2.71. The minimum absolute atomic E-state index is 0.329. The molecule has 0 amide bonds. The summed E-state index contributed by atoms with van der Waals surface area (Å²) in [5.41, 5.74) is 4.24. The third-order valence-corrected chi connectivity index (χ3v) is 6.31. The number of aromatic nitrogens is 2. The second-order valence-corrected chi connectivity index (χ2v) is 8.94. The summed E-state index contributed by atoms with van der Waals surface area (Å²) in [5.74, 6) is 0.266. The number of nitrogens with one attached hydrogen (secondary N) is 2. The predicted molar refractivity (Wildman–Crippen MR) is 109 cm³/mol. The summed E-state index contributed by atoms with van der Waals surface area (Å²) in [4.78, 5) is 7.74. The minimum atomic E-state index is -2.69. The van der Waals surface area contributed by atoms with Crippen molar-refractivity contribution in [3.63, 3.8) is 0 Å². The van der Waals surface area contributed by atoms with Gasteiger partial charge in [0.25, 0.3) is 0 Å². The molecule has 3 heterocycles. The SMILES string of the molecule is COc1ccc(F)cc1-c1ccnc2[nH]c(C3=CCN(S(C)(=N)=O)CC3)cc12. The van der Waals surface area contributed by atoms with Crippen LogP contribution in [0.25, 0.3) is 27.7 Å². The second kappa shape index (κ2) is 7.03. The number of hydrogen-bond acceptors (Lipinski definition) is 4. The highest BCUT2D eigenvalue weighted by Gasteiger charge is 2.20. The highest BCUT2D eigenvalue weighted by Crippen LogP contribution is 2.36. The van der Waals surface area contributed by atoms with Crippen LogP contribution >= 0.6 is 0 Å². The smallest absolute Gasteiger partial charge is 0.138 e. The van der Waals surface area contributed by atoms with Gasteiger partial charge in [-0.3, -0.25) is 0 Å². The first-order valence-electron chi connectivity index (χ1n) is 8.87. The molecule has 4 rings (SSSR count). The first kappa shape index (κ1) is 18.6. The van der Waals surface area contributed by atoms with E-state index in [4.69, 9.17) is 9.52 Å². The van der Waals surface area contributed by atoms with Gasteiger partial charge in [-0.25, -0.2) is 22.7 Å². The van der Waals surface area contributed by atoms with E-state index in [1.165, 1.54) is 18.4 Å². The van der Waals surface area contributed by atoms with E-state index >= 15 is 0 Å². The van der Waals surface area contributed by atoms with Crippen LogP contribution in [0.5, 0.6) is 5.75 Å². The summed E-state index contributed by atoms with van der Waals surface area (Å²) < 4.78 is 40.6. The minimum Gasteiger partial charge on any atom is -0.496 e. The molecule has 0 aliphatic carbocycles. The zero-order valence-corrected chi connectivity index (χ0v) is 16.5. The summed E-state index contributed by atoms with van der Waals surface area (Å²) in [6.45, 7) is 1.04. The molecule has 0 spiro atoms. The third kappa shape index (κ3) is 3.41. The normalized spacial score (nSPS) is 17.3. The molecule has 0 saturated carbocycles. The van der Waals surface area contributed by atoms with Gasteiger partial charge in [-0.2, -0.15) is 0 Å². The van der Waals surface area contributed by atoms with Crippen molar-refractivity contribution in [2.24, 2.45) is 0 Å². The quantitative estimate of drug-likeness (QED) is 0.693. The van der Waals surface area contributed by atoms with Gasteiger partial charge in [0.05, 0.1) is 7.11 Å². The van der Waals surface area contributed by atoms with E-state index < -0.39 is 9.92 Å². The van der Waals surface area contributed by atoms with Gasteiger partial charge in [-0.1, -0.05) is 6.08 Å². The highest BCUT2D eigenvalue weighted by atomic mass is 32.2. The lowest BCUT2D eigenvalue weighted by atomic mass is 10.0. The summed E-state index contributed by atoms with van der Waals surface area (Å²) in [7, 11) is -1.13. The fraction of sp³-hybridized carbons (Fsp3) is 0.250. The van der Waals surface area contributed by atoms with E-state index in [1.807, 2.05) is 18.2 Å². The van der Waals surface area contributed by atoms with Gasteiger partial charge in [-0.05, 0) is 47.9 Å². The Balaban J connectivity index is 1.77. The number of rotatable bonds is 4. The Bertz CT molecular complexity index is 1180. The fourth-order valence-corrected chi connectivity index (χ4v) is 4.34. The van der Waals surface area contributed by atoms with E-state index in [2.05, 4.69) is 9.97 Å². The maximum Gasteiger partial charge on any atom is 0.138 e. The Morgan fingerprint density at radius 3 is 2.79 bits per heavy atom. The lowest BCUT2D eigenvalue weighted by Gasteiger charge is -2.25. The molecule has 1 aromatic carbocycles. The van der Waals surface area contributed by atoms with Crippen LogP contribution in [0.1, 0.15) is 12.1 Å². The van der Waals surface area contributed by atoms with Gasteiger partial charge in [0, 0.05) is 42.2 Å². The number of ether oxygens (including phenoxy) is 1. The Morgan fingerprint density at radius 2 is 2.11 bits per heavy atom. The van der Waals surface area contributed by atoms with Crippen LogP contribution in [0.3, 0.4) is 0 Å². The molecule has 146 valence electrons. The third-order valence-electron chi connectivity index (χ3n) is 4.99. The molecule has 1 aliphatic heterocycles. The van der Waals surface area contributed by atoms with E-state index in [0.29, 0.717) is 36.5 Å². The molecule has 0 radical (unpaired) electrons. The maximum absolute atomic E-state index is 13.9. The number of fused-ring (bicyclic) bond motifs is 1. The first-order valence-corrected chi connectivity index (χ1v) is 10.8. The number of aromatic amines is 1. The molecule has 1 unspecified atom stereocenters. The van der Waals surface area contributed by atoms with E-state index in [9.17, 15) is 8.60 Å². The number of hydrogen-bond donors (Lipinski definition) is 2. The van der Waals surface area contributed by atoms with Crippen LogP contribution in [0, 0.1) is 10.6 Å². The molecule has 0 saturated heterocycles. The molecule has 2 N–H and O–H groups in total. The van der Waals surface area contributed by atoms with Gasteiger partial charge in [0.1, 0.15) is 27.1 Å². The van der Waals surface area contributed by atoms with Crippen molar-refractivity contribution in [1.29, 1.82) is 4.78 Å². The van der Waals surface area contributed by atoms with Crippen molar-refractivity contribution in [2.45, 2.75) is 6.42 Å². The predicted octanol–water partition coefficient (Wildman–Crippen LogP) is 4.06. The highest BCUT2D eigenvalue weighted by molar-refractivity contribution is 7.89. The van der Waals surface area contributed by atoms with Gasteiger partial charge < -0.3 is 9.72 Å². The molecule has 2 aromatic heterocycles. The standard InChI is InChI=1S/C20H21FN4O2S/c1-27-19-4-3-14(21)11-16(19)15-5-8-23-20-17(15)12-18(24-20)13-6-9-25(10-7-13)28(2,22)26/h3-6,8,11-12,22H,7,9-10H2,1-2H3,(H,23,24). The van der Waals surface area contributed by atoms with Gasteiger partial charge >= 0.3 is 0 Å². The Morgan fingerprint density at radius 1 is 1.29 bits per heavy atom. The summed E-state index contributed by atoms with van der Waals surface area (Å²) in [6, 6.07) is 8.31. The van der Waals surface area contributed by atoms with Crippen molar-refractivity contribution in [2.75, 3.05) is 26.5 Å². The lowest BCUT2D eigenvalue weighted by Crippen LogP contribution is -2.32. The van der Waals surface area contributed by atoms with Crippen molar-refractivity contribution >= 4 is 26.5 Å². The molecule has 8 heteroatoms. The molecule has 0 fully saturated rings. The monoisotopic (exact) mass is 400 g/mol. The Labute approximate surface area is 163 Å². The van der Waals surface area contributed by atoms with Crippen LogP contribution in [0.2, 0.25) is 0 Å². The molecule has 1 atom stereocenters. The number of benzene rings is 1. The Kier molecular flexibility index (Phi) is 4.68. The zero-order valence-electron chi connectivity index (χ0n) is 15.7. The van der Waals surface area contributed by atoms with Crippen molar-refractivity contribution in [3.8, 4) is 16.9 Å². The van der Waals surface area contributed by atoms with Crippen LogP contribution in [-0.4, -0.2) is 44.9 Å². The molecule has 28 heavy (non-hydrogen) atoms. The van der Waals surface area contributed by atoms with Gasteiger partial charge in [0.2, 0.25) is 0 Å². The first-order chi connectivity index (χ1) is 13.4. The van der Waals surface area contributed by atoms with Crippen LogP contribution < -0.4 is 4.74 Å². The molecular weight excluding hydrogens is 379 g/mol. The van der Waals surface area contributed by atoms with Crippen LogP contribution in [0.4, 0.5) is 4.39 Å². The summed E-state index contributed by atoms with van der Waals surface area (Å²) >= 11 is 0. The van der Waals surface area contributed by atoms with Crippen molar-refractivity contribution in [1.82, 2.24) is 14.3 Å². The average Bonchev–Trinajstić information content (AvgIpc) is 3.11. The van der Waals surface area contributed by atoms with Crippen molar-refractivity contribution < 1.29 is 13.3 Å². The zero-order chi connectivity index (χ0) is 19.9. The number of methoxy groups -OCH3 is 1. The summed E-state index contributed by atoms with van der Waals surface area (Å²) in [5, 5.41) is 0.879. The molecule has 1 aliphatic rings. The topological polar surface area (TPSA) is 82.1 Å². The largest absolute Gasteiger partial charge is 0.496 e. The van der Waals surface area contributed by atoms with Crippen LogP contribution in [-0.2, 0) is 9.92 Å². The maximum atomic E-state index is 13.9. The molecular formula is C20H21FN4O2S. The lowest BCUT2D eigenvalue weighted by molar-refractivity contribution is 0.415. The average molecular weight is 400 g/mol. The molecule has 0 bridgehead atoms. The fourth-order valence-electron chi connectivity index (χ4n) is 3.54. The van der Waals surface area contributed by atoms with Crippen LogP contribution in [0.15, 0.2) is 42.6 Å². The van der Waals surface area contributed by atoms with E-state index in [-0.39, 0.29) is 5.82 Å². The van der Waals surface area contributed by atoms with Crippen molar-refractivity contribution in [3.05, 3.63) is 54.1 Å². The molecule has 6 nitrogen and oxygen atoms in total. The number of nitrogens with zero attached hydrogens (tertiary/aromatic N) is 2. The second-order valence-electron chi connectivity index (χ2n) is 6.82. The number of pyridine rings is 1. The summed E-state index contributed by atoms with van der Waals surface area (Å²) in [6.07, 6.45) is 5.81. The molecule has 3 aromatic rings. The van der Waals surface area contributed by atoms with Gasteiger partial charge in [-0.15, -0.1) is 0 Å². The number of H-pyrrole nitrogens is 1. The van der Waals surface area contributed by atoms with E-state index in [1.54, 1.807) is 23.7 Å². The van der Waals surface area contributed by atoms with Gasteiger partial charge in [0.15, 0.2) is 0 Å². The number of halogens is 1.